The predicted molar refractivity (Wildman–Crippen MR) is 95.6 cm³/mol. The second kappa shape index (κ2) is 7.21. The molecule has 3 nitrogen and oxygen atoms in total. The van der Waals surface area contributed by atoms with Crippen molar-refractivity contribution in [2.24, 2.45) is 0 Å². The number of thiophene rings is 1. The monoisotopic (exact) mass is 377 g/mol. The lowest BCUT2D eigenvalue weighted by molar-refractivity contribution is -0.274. The molecule has 26 heavy (non-hydrogen) atoms. The Balaban J connectivity index is 1.85. The zero-order valence-corrected chi connectivity index (χ0v) is 14.4. The highest BCUT2D eigenvalue weighted by Crippen LogP contribution is 2.31. The number of hydrogen-bond donors (Lipinski definition) is 1. The summed E-state index contributed by atoms with van der Waals surface area (Å²) in [5.74, 6) is -0.515. The summed E-state index contributed by atoms with van der Waals surface area (Å²) in [6.45, 7) is 1.86. The third-order valence-corrected chi connectivity index (χ3v) is 4.66. The second-order valence-corrected chi connectivity index (χ2v) is 6.42. The molecule has 0 bridgehead atoms. The number of aryl methyl sites for hydroxylation is 1. The number of rotatable bonds is 4. The van der Waals surface area contributed by atoms with Crippen LogP contribution in [0.3, 0.4) is 0 Å². The first-order chi connectivity index (χ1) is 12.3. The van der Waals surface area contributed by atoms with Gasteiger partial charge in [-0.3, -0.25) is 4.79 Å². The number of nitrogens with one attached hydrogen (secondary N) is 1. The molecule has 0 spiro atoms. The molecule has 3 aromatic rings. The van der Waals surface area contributed by atoms with E-state index < -0.39 is 6.36 Å². The minimum atomic E-state index is -4.73. The highest BCUT2D eigenvalue weighted by Gasteiger charge is 2.31. The maximum absolute atomic E-state index is 12.4. The largest absolute Gasteiger partial charge is 0.573 e. The van der Waals surface area contributed by atoms with Gasteiger partial charge in [0.2, 0.25) is 0 Å². The lowest BCUT2D eigenvalue weighted by Gasteiger charge is -2.12. The average molecular weight is 377 g/mol. The fourth-order valence-corrected chi connectivity index (χ4v) is 3.28. The van der Waals surface area contributed by atoms with Crippen LogP contribution < -0.4 is 10.1 Å². The molecule has 0 aliphatic heterocycles. The molecule has 1 heterocycles. The van der Waals surface area contributed by atoms with Gasteiger partial charge in [-0.25, -0.2) is 0 Å². The van der Waals surface area contributed by atoms with E-state index >= 15 is 0 Å². The van der Waals surface area contributed by atoms with Crippen LogP contribution in [0.25, 0.3) is 11.1 Å². The van der Waals surface area contributed by atoms with Gasteiger partial charge in [-0.15, -0.1) is 24.5 Å². The van der Waals surface area contributed by atoms with E-state index in [2.05, 4.69) is 10.1 Å². The molecule has 134 valence electrons. The number of carbonyl (C=O) groups excluding carboxylic acids is 1. The van der Waals surface area contributed by atoms with Crippen molar-refractivity contribution in [2.75, 3.05) is 5.32 Å². The van der Waals surface area contributed by atoms with E-state index in [4.69, 9.17) is 0 Å². The molecule has 7 heteroatoms. The van der Waals surface area contributed by atoms with Gasteiger partial charge in [0.15, 0.2) is 0 Å². The summed E-state index contributed by atoms with van der Waals surface area (Å²) >= 11 is 1.35. The predicted octanol–water partition coefficient (Wildman–Crippen LogP) is 5.87. The number of halogens is 3. The molecule has 0 aliphatic rings. The van der Waals surface area contributed by atoms with E-state index in [0.29, 0.717) is 21.7 Å². The van der Waals surface area contributed by atoms with Gasteiger partial charge < -0.3 is 10.1 Å². The zero-order valence-electron chi connectivity index (χ0n) is 13.6. The Kier molecular flexibility index (Phi) is 4.99. The molecule has 3 rings (SSSR count). The number of anilines is 1. The molecule has 1 aromatic heterocycles. The number of para-hydroxylation sites is 1. The number of alkyl halides is 3. The normalized spacial score (nSPS) is 11.2. The Morgan fingerprint density at radius 3 is 2.35 bits per heavy atom. The molecule has 0 radical (unpaired) electrons. The molecule has 0 atom stereocenters. The smallest absolute Gasteiger partial charge is 0.406 e. The van der Waals surface area contributed by atoms with Crippen molar-refractivity contribution >= 4 is 22.9 Å². The molecule has 0 saturated carbocycles. The van der Waals surface area contributed by atoms with Crippen molar-refractivity contribution in [3.63, 3.8) is 0 Å². The Hall–Kier alpha value is -2.80. The topological polar surface area (TPSA) is 38.3 Å². The minimum Gasteiger partial charge on any atom is -0.406 e. The Morgan fingerprint density at radius 1 is 1.04 bits per heavy atom. The van der Waals surface area contributed by atoms with E-state index in [1.807, 2.05) is 18.4 Å². The molecule has 0 aliphatic carbocycles. The van der Waals surface area contributed by atoms with Gasteiger partial charge >= 0.3 is 6.36 Å². The Labute approximate surface area is 152 Å². The van der Waals surface area contributed by atoms with Crippen LogP contribution in [0, 0.1) is 6.92 Å². The molecule has 2 aromatic carbocycles. The summed E-state index contributed by atoms with van der Waals surface area (Å²) in [5, 5.41) is 4.71. The van der Waals surface area contributed by atoms with Crippen LogP contribution in [0.4, 0.5) is 18.9 Å². The zero-order chi connectivity index (χ0) is 18.7. The Bertz CT molecular complexity index is 917. The SMILES string of the molecule is Cc1ccsc1C(=O)Nc1ccccc1-c1ccc(OC(F)(F)F)cc1. The van der Waals surface area contributed by atoms with Gasteiger partial charge in [0.25, 0.3) is 5.91 Å². The summed E-state index contributed by atoms with van der Waals surface area (Å²) in [6, 6.07) is 14.5. The lowest BCUT2D eigenvalue weighted by Crippen LogP contribution is -2.17. The summed E-state index contributed by atoms with van der Waals surface area (Å²) < 4.78 is 40.7. The van der Waals surface area contributed by atoms with E-state index in [-0.39, 0.29) is 11.7 Å². The number of ether oxygens (including phenoxy) is 1. The van der Waals surface area contributed by atoms with Crippen molar-refractivity contribution in [3.8, 4) is 16.9 Å². The standard InChI is InChI=1S/C19H14F3NO2S/c1-12-10-11-26-17(12)18(24)23-16-5-3-2-4-15(16)13-6-8-14(9-7-13)25-19(20,21)22/h2-11H,1H3,(H,23,24). The quantitative estimate of drug-likeness (QED) is 0.617. The number of carbonyl (C=O) groups is 1. The molecule has 1 amide bonds. The third kappa shape index (κ3) is 4.23. The van der Waals surface area contributed by atoms with Gasteiger partial charge in [-0.1, -0.05) is 30.3 Å². The van der Waals surface area contributed by atoms with Crippen LogP contribution >= 0.6 is 11.3 Å². The Morgan fingerprint density at radius 2 is 1.73 bits per heavy atom. The summed E-state index contributed by atoms with van der Waals surface area (Å²) in [6.07, 6.45) is -4.73. The van der Waals surface area contributed by atoms with Gasteiger partial charge in [-0.2, -0.15) is 0 Å². The van der Waals surface area contributed by atoms with Crippen LogP contribution in [-0.2, 0) is 0 Å². The van der Waals surface area contributed by atoms with Crippen molar-refractivity contribution in [3.05, 3.63) is 70.4 Å². The molecule has 0 unspecified atom stereocenters. The van der Waals surface area contributed by atoms with Crippen molar-refractivity contribution in [2.45, 2.75) is 13.3 Å². The lowest BCUT2D eigenvalue weighted by atomic mass is 10.0. The van der Waals surface area contributed by atoms with Crippen molar-refractivity contribution < 1.29 is 22.7 Å². The van der Waals surface area contributed by atoms with Gasteiger partial charge in [0.05, 0.1) is 4.88 Å². The maximum atomic E-state index is 12.4. The molecular weight excluding hydrogens is 363 g/mol. The first-order valence-corrected chi connectivity index (χ1v) is 8.52. The van der Waals surface area contributed by atoms with Crippen LogP contribution in [0.1, 0.15) is 15.2 Å². The van der Waals surface area contributed by atoms with E-state index in [9.17, 15) is 18.0 Å². The van der Waals surface area contributed by atoms with E-state index in [1.165, 1.54) is 35.6 Å². The average Bonchev–Trinajstić information content (AvgIpc) is 3.01. The van der Waals surface area contributed by atoms with Crippen LogP contribution in [0.2, 0.25) is 0 Å². The highest BCUT2D eigenvalue weighted by atomic mass is 32.1. The van der Waals surface area contributed by atoms with Crippen LogP contribution in [-0.4, -0.2) is 12.3 Å². The summed E-state index contributed by atoms with van der Waals surface area (Å²) in [7, 11) is 0. The fourth-order valence-electron chi connectivity index (χ4n) is 2.46. The minimum absolute atomic E-state index is 0.220. The number of benzene rings is 2. The molecular formula is C19H14F3NO2S. The summed E-state index contributed by atoms with van der Waals surface area (Å²) in [4.78, 5) is 13.1. The van der Waals surface area contributed by atoms with Crippen molar-refractivity contribution in [1.82, 2.24) is 0 Å². The van der Waals surface area contributed by atoms with Gasteiger partial charge in [0, 0.05) is 11.3 Å². The fraction of sp³-hybridized carbons (Fsp3) is 0.105. The van der Waals surface area contributed by atoms with E-state index in [1.54, 1.807) is 24.3 Å². The first kappa shape index (κ1) is 18.0. The van der Waals surface area contributed by atoms with Crippen LogP contribution in [0.15, 0.2) is 60.0 Å². The first-order valence-electron chi connectivity index (χ1n) is 7.64. The number of hydrogen-bond acceptors (Lipinski definition) is 3. The summed E-state index contributed by atoms with van der Waals surface area (Å²) in [5.41, 5.74) is 2.83. The third-order valence-electron chi connectivity index (χ3n) is 3.64. The van der Waals surface area contributed by atoms with E-state index in [0.717, 1.165) is 5.56 Å². The molecule has 1 N–H and O–H groups in total. The maximum Gasteiger partial charge on any atom is 0.573 e. The molecule has 0 fully saturated rings. The highest BCUT2D eigenvalue weighted by molar-refractivity contribution is 7.12. The molecule has 0 saturated heterocycles. The van der Waals surface area contributed by atoms with Gasteiger partial charge in [0.1, 0.15) is 5.75 Å². The van der Waals surface area contributed by atoms with Gasteiger partial charge in [-0.05, 0) is 47.7 Å². The van der Waals surface area contributed by atoms with Crippen LogP contribution in [0.5, 0.6) is 5.75 Å². The second-order valence-electron chi connectivity index (χ2n) is 5.50. The number of amides is 1. The van der Waals surface area contributed by atoms with Crippen molar-refractivity contribution in [1.29, 1.82) is 0 Å².